The van der Waals surface area contributed by atoms with Gasteiger partial charge in [0.05, 0.1) is 28.3 Å². The van der Waals surface area contributed by atoms with E-state index >= 15 is 0 Å². The highest BCUT2D eigenvalue weighted by molar-refractivity contribution is 6.61. The number of hydrogen-bond acceptors (Lipinski definition) is 7. The summed E-state index contributed by atoms with van der Waals surface area (Å²) >= 11 is 41.2. The zero-order valence-electron chi connectivity index (χ0n) is 36.9. The molecule has 3 aliphatic heterocycles. The predicted octanol–water partition coefficient (Wildman–Crippen LogP) is 12.7. The molecule has 3 aromatic carbocycles. The third-order valence-electron chi connectivity index (χ3n) is 11.1. The summed E-state index contributed by atoms with van der Waals surface area (Å²) in [5.74, 6) is -2.95. The van der Waals surface area contributed by atoms with Crippen molar-refractivity contribution in [2.24, 2.45) is 0 Å². The number of nitrogens with zero attached hydrogens (tertiary/aromatic N) is 4. The maximum atomic E-state index is 14.2. The molecule has 0 saturated carbocycles. The van der Waals surface area contributed by atoms with Gasteiger partial charge in [-0.25, -0.2) is 27.3 Å². The summed E-state index contributed by atoms with van der Waals surface area (Å²) in [4.78, 5) is 36.8. The summed E-state index contributed by atoms with van der Waals surface area (Å²) in [5, 5.41) is 10.7. The van der Waals surface area contributed by atoms with E-state index in [-0.39, 0.29) is 76.6 Å². The van der Waals surface area contributed by atoms with E-state index in [4.69, 9.17) is 85.9 Å². The Morgan fingerprint density at radius 2 is 1.03 bits per heavy atom. The fourth-order valence-corrected chi connectivity index (χ4v) is 9.08. The maximum Gasteiger partial charge on any atom is 0.341 e. The largest absolute Gasteiger partial charge is 0.506 e. The molecule has 67 heavy (non-hydrogen) atoms. The Balaban J connectivity index is 0.000000176. The van der Waals surface area contributed by atoms with E-state index in [2.05, 4.69) is 10.9 Å². The zero-order valence-corrected chi connectivity index (χ0v) is 42.2. The number of aryl methyl sites for hydroxylation is 2. The minimum Gasteiger partial charge on any atom is -0.506 e. The molecule has 8 rings (SSSR count). The van der Waals surface area contributed by atoms with Gasteiger partial charge in [0.2, 0.25) is 0 Å². The molecule has 0 atom stereocenters. The topological polar surface area (TPSA) is 124 Å². The number of aromatic hydroxyl groups is 1. The predicted molar refractivity (Wildman–Crippen MR) is 264 cm³/mol. The van der Waals surface area contributed by atoms with Crippen molar-refractivity contribution in [2.45, 2.75) is 105 Å². The molecule has 0 unspecified atom stereocenters. The number of halogens is 10. The van der Waals surface area contributed by atoms with Crippen molar-refractivity contribution in [2.75, 3.05) is 19.7 Å². The number of hydrogen-bond donors (Lipinski definition) is 3. The highest BCUT2D eigenvalue weighted by Gasteiger charge is 2.26. The molecule has 3 aliphatic rings. The molecule has 1 saturated heterocycles. The third-order valence-corrected chi connectivity index (χ3v) is 13.3. The summed E-state index contributed by atoms with van der Waals surface area (Å²) in [6, 6.07) is 7.43. The lowest BCUT2D eigenvalue weighted by Gasteiger charge is -2.10. The molecule has 0 aliphatic carbocycles. The Labute approximate surface area is 421 Å². The van der Waals surface area contributed by atoms with Crippen molar-refractivity contribution in [1.29, 1.82) is 0 Å². The number of nitrogens with one attached hydrogen (secondary N) is 2. The SMILES string of the molecule is C1CCNNCC1.CCOC(=O)C(=C(Cl)Cl)c1cc(C)c(Cl)cc1F.Cc1cc(-c2c(Cl)n3n(c2=O)CCCCC3)c(F)cc1Cl.O=c1c(-c2cc(O)c(Cl)cc2F)c(Cl)n2n1CCCCC2. The van der Waals surface area contributed by atoms with Crippen molar-refractivity contribution >= 4 is 92.7 Å². The number of aromatic nitrogens is 4. The van der Waals surface area contributed by atoms with Crippen LogP contribution in [-0.2, 0) is 35.7 Å². The van der Waals surface area contributed by atoms with Gasteiger partial charge in [-0.1, -0.05) is 87.6 Å². The third kappa shape index (κ3) is 13.4. The second-order valence-corrected chi connectivity index (χ2v) is 18.7. The number of carbonyl (C=O) groups is 1. The van der Waals surface area contributed by atoms with Crippen LogP contribution in [0.1, 0.15) is 81.4 Å². The monoisotopic (exact) mass is 1070 g/mol. The van der Waals surface area contributed by atoms with Gasteiger partial charge in [-0.2, -0.15) is 0 Å². The first-order valence-electron chi connectivity index (χ1n) is 21.7. The van der Waals surface area contributed by atoms with Crippen LogP contribution in [-0.4, -0.2) is 49.5 Å². The highest BCUT2D eigenvalue weighted by Crippen LogP contribution is 2.36. The summed E-state index contributed by atoms with van der Waals surface area (Å²) in [6.07, 6.45) is 9.82. The lowest BCUT2D eigenvalue weighted by Crippen LogP contribution is -2.30. The van der Waals surface area contributed by atoms with Crippen molar-refractivity contribution in [1.82, 2.24) is 29.6 Å². The van der Waals surface area contributed by atoms with Gasteiger partial charge in [0, 0.05) is 66.0 Å². The Bertz CT molecular complexity index is 2580. The van der Waals surface area contributed by atoms with E-state index in [1.807, 2.05) is 0 Å². The first-order chi connectivity index (χ1) is 31.9. The van der Waals surface area contributed by atoms with Gasteiger partial charge < -0.3 is 9.84 Å². The normalized spacial score (nSPS) is 14.5. The van der Waals surface area contributed by atoms with Gasteiger partial charge in [0.25, 0.3) is 11.1 Å². The van der Waals surface area contributed by atoms with E-state index in [1.165, 1.54) is 36.1 Å². The second-order valence-electron chi connectivity index (χ2n) is 15.8. The van der Waals surface area contributed by atoms with Gasteiger partial charge in [0.15, 0.2) is 0 Å². The van der Waals surface area contributed by atoms with E-state index in [0.29, 0.717) is 41.9 Å². The van der Waals surface area contributed by atoms with Crippen molar-refractivity contribution in [3.8, 4) is 28.0 Å². The first kappa shape index (κ1) is 54.4. The number of phenolic OH excluding ortho intramolecular Hbond substituents is 1. The van der Waals surface area contributed by atoms with Gasteiger partial charge in [0.1, 0.15) is 38.0 Å². The number of benzene rings is 3. The Hall–Kier alpha value is -3.57. The van der Waals surface area contributed by atoms with Gasteiger partial charge >= 0.3 is 5.97 Å². The number of esters is 1. The minimum atomic E-state index is -0.780. The van der Waals surface area contributed by atoms with Crippen LogP contribution in [0.3, 0.4) is 0 Å². The van der Waals surface area contributed by atoms with Gasteiger partial charge in [-0.3, -0.25) is 29.8 Å². The van der Waals surface area contributed by atoms with Crippen LogP contribution < -0.4 is 22.0 Å². The minimum absolute atomic E-state index is 0.0278. The number of rotatable bonds is 5. The average molecular weight is 1070 g/mol. The van der Waals surface area contributed by atoms with Crippen LogP contribution in [0.4, 0.5) is 13.2 Å². The molecule has 0 bridgehead atoms. The van der Waals surface area contributed by atoms with Crippen LogP contribution in [0.15, 0.2) is 50.5 Å². The summed E-state index contributed by atoms with van der Waals surface area (Å²) in [7, 11) is 0. The molecular weight excluding hydrogens is 1020 g/mol. The van der Waals surface area contributed by atoms with Crippen LogP contribution in [0.2, 0.25) is 25.4 Å². The second kappa shape index (κ2) is 25.3. The number of hydrazine groups is 1. The molecule has 21 heteroatoms. The fourth-order valence-electron chi connectivity index (χ4n) is 7.56. The molecule has 11 nitrogen and oxygen atoms in total. The Kier molecular flexibility index (Phi) is 20.6. The quantitative estimate of drug-likeness (QED) is 0.118. The molecular formula is C46H50Cl7F3N6O5. The maximum absolute atomic E-state index is 14.2. The lowest BCUT2D eigenvalue weighted by molar-refractivity contribution is -0.136. The number of carbonyl (C=O) groups excluding carboxylic acids is 1. The van der Waals surface area contributed by atoms with Crippen LogP contribution >= 0.6 is 81.2 Å². The highest BCUT2D eigenvalue weighted by atomic mass is 35.5. The summed E-state index contributed by atoms with van der Waals surface area (Å²) < 4.78 is 53.1. The van der Waals surface area contributed by atoms with Crippen molar-refractivity contribution in [3.63, 3.8) is 0 Å². The molecule has 1 fully saturated rings. The molecule has 3 N–H and O–H groups in total. The number of fused-ring (bicyclic) bond motifs is 2. The van der Waals surface area contributed by atoms with Crippen molar-refractivity contribution in [3.05, 3.63) is 121 Å². The van der Waals surface area contributed by atoms with E-state index in [1.54, 1.807) is 40.9 Å². The molecule has 5 heterocycles. The first-order valence-corrected chi connectivity index (χ1v) is 24.3. The van der Waals surface area contributed by atoms with Crippen LogP contribution in [0.25, 0.3) is 27.8 Å². The molecule has 0 amide bonds. The van der Waals surface area contributed by atoms with Crippen LogP contribution in [0, 0.1) is 31.3 Å². The average Bonchev–Trinajstić information content (AvgIpc) is 3.65. The number of ether oxygens (including phenoxy) is 1. The summed E-state index contributed by atoms with van der Waals surface area (Å²) in [6.45, 7) is 9.97. The molecule has 0 spiro atoms. The van der Waals surface area contributed by atoms with Crippen LogP contribution in [0.5, 0.6) is 5.75 Å². The fraction of sp³-hybridized carbons (Fsp3) is 0.413. The smallest absolute Gasteiger partial charge is 0.341 e. The molecule has 364 valence electrons. The summed E-state index contributed by atoms with van der Waals surface area (Å²) in [5.41, 5.74) is 7.19. The zero-order chi connectivity index (χ0) is 49.1. The van der Waals surface area contributed by atoms with E-state index in [9.17, 15) is 32.7 Å². The Morgan fingerprint density at radius 3 is 1.51 bits per heavy atom. The standard InChI is InChI=1S/C15H15Cl2FN2O.C14H13Cl2FN2O2.C12H10Cl3FO2.C5H12N2/c1-9-7-10(12(18)8-11(9)16)13-14(17)19-5-3-2-4-6-20(19)15(13)21;15-9-7-10(17)8(6-11(9)20)12-13(16)18-4-2-1-3-5-19(18)14(12)21;1-3-18-12(17)10(11(14)15)7-4-6(2)8(13)5-9(7)16;1-2-4-6-7-5-3-1/h7-8H,2-6H2,1H3;6-7,20H,1-5H2;4-5H,3H2,1-2H3;6-7H,1-5H2. The molecule has 5 aromatic rings. The van der Waals surface area contributed by atoms with Gasteiger partial charge in [-0.15, -0.1) is 0 Å². The molecule has 0 radical (unpaired) electrons. The Morgan fingerprint density at radius 1 is 0.612 bits per heavy atom. The van der Waals surface area contributed by atoms with Crippen molar-refractivity contribution < 1.29 is 27.8 Å². The van der Waals surface area contributed by atoms with E-state index < -0.39 is 23.4 Å². The molecule has 2 aromatic heterocycles. The van der Waals surface area contributed by atoms with E-state index in [0.717, 1.165) is 75.4 Å². The lowest BCUT2D eigenvalue weighted by atomic mass is 10.0. The number of phenols is 1. The van der Waals surface area contributed by atoms with Gasteiger partial charge in [-0.05, 0) is 120 Å².